The van der Waals surface area contributed by atoms with Gasteiger partial charge >= 0.3 is 6.03 Å². The highest BCUT2D eigenvalue weighted by atomic mass is 16.5. The number of amides is 3. The monoisotopic (exact) mass is 366 g/mol. The Bertz CT molecular complexity index is 905. The van der Waals surface area contributed by atoms with E-state index in [1.165, 1.54) is 4.90 Å². The fourth-order valence-electron chi connectivity index (χ4n) is 3.51. The molecule has 0 aliphatic carbocycles. The van der Waals surface area contributed by atoms with E-state index in [2.05, 4.69) is 5.32 Å². The summed E-state index contributed by atoms with van der Waals surface area (Å²) in [6.45, 7) is 5.97. The molecule has 2 aliphatic rings. The number of ether oxygens (including phenoxy) is 2. The molecule has 2 heterocycles. The second-order valence-electron chi connectivity index (χ2n) is 7.45. The number of carbonyl (C=O) groups is 2. The topological polar surface area (TPSA) is 67.9 Å². The molecular weight excluding hydrogens is 344 g/mol. The zero-order valence-corrected chi connectivity index (χ0v) is 15.6. The van der Waals surface area contributed by atoms with Crippen LogP contribution in [0.2, 0.25) is 0 Å². The van der Waals surface area contributed by atoms with Crippen LogP contribution in [0.1, 0.15) is 32.8 Å². The first-order valence-electron chi connectivity index (χ1n) is 9.11. The van der Waals surface area contributed by atoms with Gasteiger partial charge in [0.2, 0.25) is 0 Å². The summed E-state index contributed by atoms with van der Waals surface area (Å²) in [5.74, 6) is 2.01. The van der Waals surface area contributed by atoms with Crippen LogP contribution in [0.5, 0.6) is 17.2 Å². The molecular formula is C21H22N2O4. The molecule has 6 heteroatoms. The number of hydrogen-bond donors (Lipinski definition) is 1. The van der Waals surface area contributed by atoms with Crippen LogP contribution in [0.3, 0.4) is 0 Å². The molecule has 27 heavy (non-hydrogen) atoms. The average Bonchev–Trinajstić information content (AvgIpc) is 3.10. The SMILES string of the molecule is CC[C@H]1NC(=O)N(c2ccc(Oc3cccc4c3CC(C)(C)O4)cc2)C1=O. The third-order valence-corrected chi connectivity index (χ3v) is 4.83. The fraction of sp³-hybridized carbons (Fsp3) is 0.333. The van der Waals surface area contributed by atoms with Gasteiger partial charge < -0.3 is 14.8 Å². The van der Waals surface area contributed by atoms with Crippen LogP contribution in [0.25, 0.3) is 0 Å². The molecule has 6 nitrogen and oxygen atoms in total. The van der Waals surface area contributed by atoms with Crippen molar-refractivity contribution in [3.05, 3.63) is 48.0 Å². The number of nitrogens with zero attached hydrogens (tertiary/aromatic N) is 1. The van der Waals surface area contributed by atoms with Crippen LogP contribution in [-0.2, 0) is 11.2 Å². The van der Waals surface area contributed by atoms with Crippen molar-refractivity contribution in [2.24, 2.45) is 0 Å². The third kappa shape index (κ3) is 3.12. The highest BCUT2D eigenvalue weighted by Gasteiger charge is 2.38. The van der Waals surface area contributed by atoms with Crippen molar-refractivity contribution < 1.29 is 19.1 Å². The van der Waals surface area contributed by atoms with E-state index in [9.17, 15) is 9.59 Å². The predicted molar refractivity (Wildman–Crippen MR) is 101 cm³/mol. The van der Waals surface area contributed by atoms with Crippen molar-refractivity contribution in [2.45, 2.75) is 45.3 Å². The van der Waals surface area contributed by atoms with Gasteiger partial charge in [0, 0.05) is 12.0 Å². The number of carbonyl (C=O) groups excluding carboxylic acids is 2. The summed E-state index contributed by atoms with van der Waals surface area (Å²) in [7, 11) is 0. The Morgan fingerprint density at radius 2 is 1.93 bits per heavy atom. The number of anilines is 1. The van der Waals surface area contributed by atoms with Crippen LogP contribution in [0.4, 0.5) is 10.5 Å². The predicted octanol–water partition coefficient (Wildman–Crippen LogP) is 4.03. The minimum atomic E-state index is -0.455. The molecule has 3 amide bonds. The first kappa shape index (κ1) is 17.4. The summed E-state index contributed by atoms with van der Waals surface area (Å²) in [5.41, 5.74) is 1.33. The number of hydrogen-bond acceptors (Lipinski definition) is 4. The highest BCUT2D eigenvalue weighted by Crippen LogP contribution is 2.41. The van der Waals surface area contributed by atoms with Crippen molar-refractivity contribution in [1.29, 1.82) is 0 Å². The normalized spacial score (nSPS) is 20.3. The zero-order chi connectivity index (χ0) is 19.2. The lowest BCUT2D eigenvalue weighted by molar-refractivity contribution is -0.118. The number of rotatable bonds is 4. The molecule has 1 atom stereocenters. The van der Waals surface area contributed by atoms with E-state index < -0.39 is 6.04 Å². The lowest BCUT2D eigenvalue weighted by atomic mass is 10.0. The maximum absolute atomic E-state index is 12.3. The van der Waals surface area contributed by atoms with Gasteiger partial charge in [-0.1, -0.05) is 13.0 Å². The number of urea groups is 1. The van der Waals surface area contributed by atoms with Crippen LogP contribution in [0, 0.1) is 0 Å². The first-order chi connectivity index (χ1) is 12.9. The number of imide groups is 1. The Hall–Kier alpha value is -3.02. The Balaban J connectivity index is 1.54. The molecule has 2 aliphatic heterocycles. The second-order valence-corrected chi connectivity index (χ2v) is 7.45. The van der Waals surface area contributed by atoms with Gasteiger partial charge in [0.05, 0.1) is 5.69 Å². The minimum Gasteiger partial charge on any atom is -0.487 e. The summed E-state index contributed by atoms with van der Waals surface area (Å²) in [6, 6.07) is 11.9. The summed E-state index contributed by atoms with van der Waals surface area (Å²) >= 11 is 0. The van der Waals surface area contributed by atoms with Gasteiger partial charge in [-0.25, -0.2) is 9.69 Å². The smallest absolute Gasteiger partial charge is 0.329 e. The van der Waals surface area contributed by atoms with Crippen LogP contribution in [0.15, 0.2) is 42.5 Å². The molecule has 2 aromatic carbocycles. The highest BCUT2D eigenvalue weighted by molar-refractivity contribution is 6.21. The van der Waals surface area contributed by atoms with Crippen molar-refractivity contribution in [3.8, 4) is 17.2 Å². The van der Waals surface area contributed by atoms with Crippen LogP contribution >= 0.6 is 0 Å². The maximum atomic E-state index is 12.3. The van der Waals surface area contributed by atoms with Gasteiger partial charge in [0.15, 0.2) is 0 Å². The molecule has 1 N–H and O–H groups in total. The summed E-state index contributed by atoms with van der Waals surface area (Å²) < 4.78 is 12.0. The quantitative estimate of drug-likeness (QED) is 0.830. The van der Waals surface area contributed by atoms with Crippen molar-refractivity contribution in [1.82, 2.24) is 5.32 Å². The van der Waals surface area contributed by atoms with E-state index in [1.54, 1.807) is 24.3 Å². The molecule has 1 fully saturated rings. The molecule has 0 radical (unpaired) electrons. The zero-order valence-electron chi connectivity index (χ0n) is 15.6. The Labute approximate surface area is 158 Å². The number of fused-ring (bicyclic) bond motifs is 1. The van der Waals surface area contributed by atoms with Crippen LogP contribution in [-0.4, -0.2) is 23.6 Å². The fourth-order valence-corrected chi connectivity index (χ4v) is 3.51. The minimum absolute atomic E-state index is 0.226. The summed E-state index contributed by atoms with van der Waals surface area (Å²) in [4.78, 5) is 25.6. The largest absolute Gasteiger partial charge is 0.487 e. The molecule has 0 aromatic heterocycles. The van der Waals surface area contributed by atoms with Crippen molar-refractivity contribution in [2.75, 3.05) is 4.90 Å². The van der Waals surface area contributed by atoms with Gasteiger partial charge in [-0.2, -0.15) is 0 Å². The van der Waals surface area contributed by atoms with Crippen molar-refractivity contribution >= 4 is 17.6 Å². The Morgan fingerprint density at radius 1 is 1.19 bits per heavy atom. The molecule has 0 unspecified atom stereocenters. The summed E-state index contributed by atoms with van der Waals surface area (Å²) in [5, 5.41) is 2.68. The molecule has 0 bridgehead atoms. The first-order valence-corrected chi connectivity index (χ1v) is 9.11. The van der Waals surface area contributed by atoms with Gasteiger partial charge in [0.25, 0.3) is 5.91 Å². The lowest BCUT2D eigenvalue weighted by Crippen LogP contribution is -2.31. The van der Waals surface area contributed by atoms with E-state index in [0.29, 0.717) is 17.9 Å². The number of nitrogens with one attached hydrogen (secondary N) is 1. The molecule has 0 spiro atoms. The molecule has 4 rings (SSSR count). The maximum Gasteiger partial charge on any atom is 0.329 e. The van der Waals surface area contributed by atoms with E-state index in [0.717, 1.165) is 23.5 Å². The Kier molecular flexibility index (Phi) is 4.06. The van der Waals surface area contributed by atoms with E-state index in [1.807, 2.05) is 39.0 Å². The van der Waals surface area contributed by atoms with E-state index in [-0.39, 0.29) is 17.5 Å². The van der Waals surface area contributed by atoms with E-state index in [4.69, 9.17) is 9.47 Å². The second kappa shape index (κ2) is 6.30. The lowest BCUT2D eigenvalue weighted by Gasteiger charge is -2.16. The van der Waals surface area contributed by atoms with Gasteiger partial charge in [-0.05, 0) is 56.7 Å². The molecule has 140 valence electrons. The Morgan fingerprint density at radius 3 is 2.59 bits per heavy atom. The molecule has 2 aromatic rings. The average molecular weight is 366 g/mol. The number of benzene rings is 2. The molecule has 0 saturated carbocycles. The van der Waals surface area contributed by atoms with Gasteiger partial charge in [0.1, 0.15) is 28.9 Å². The van der Waals surface area contributed by atoms with Crippen LogP contribution < -0.4 is 19.7 Å². The van der Waals surface area contributed by atoms with Crippen molar-refractivity contribution in [3.63, 3.8) is 0 Å². The summed E-state index contributed by atoms with van der Waals surface area (Å²) in [6.07, 6.45) is 1.34. The molecule has 1 saturated heterocycles. The van der Waals surface area contributed by atoms with Gasteiger partial charge in [-0.15, -0.1) is 0 Å². The standard InChI is InChI=1S/C21H22N2O4/c1-4-16-19(24)23(20(25)22-16)13-8-10-14(11-9-13)26-17-6-5-7-18-15(17)12-21(2,3)27-18/h5-11,16H,4,12H2,1-3H3,(H,22,25)/t16-/m1/s1. The van der Waals surface area contributed by atoms with Gasteiger partial charge in [-0.3, -0.25) is 4.79 Å². The third-order valence-electron chi connectivity index (χ3n) is 4.83. The van der Waals surface area contributed by atoms with E-state index >= 15 is 0 Å².